The molecule has 9 heteroatoms. The molecule has 3 aromatic rings. The van der Waals surface area contributed by atoms with Gasteiger partial charge in [0.25, 0.3) is 5.56 Å². The second kappa shape index (κ2) is 7.81. The molecule has 0 aliphatic rings. The van der Waals surface area contributed by atoms with Gasteiger partial charge in [0, 0.05) is 12.5 Å². The lowest BCUT2D eigenvalue weighted by atomic mass is 10.1. The van der Waals surface area contributed by atoms with Crippen LogP contribution >= 0.6 is 11.6 Å². The molecule has 0 fully saturated rings. The number of hydrogen-bond donors (Lipinski definition) is 2. The molecule has 0 saturated heterocycles. The van der Waals surface area contributed by atoms with E-state index >= 15 is 0 Å². The highest BCUT2D eigenvalue weighted by Gasteiger charge is 2.12. The van der Waals surface area contributed by atoms with Crippen molar-refractivity contribution in [1.29, 1.82) is 0 Å². The standard InChI is InChI=1S/C18H16ClN3O4S/c1-27(24,25)22-15-4-2-3-5-16(15)26-17-11-12(6-8-14(17)19)10-13-7-9-18(23)21-20-13/h2-9,11,22H,10H2,1H3,(H,21,23). The van der Waals surface area contributed by atoms with Gasteiger partial charge in [0.2, 0.25) is 10.0 Å². The molecule has 2 N–H and O–H groups in total. The molecule has 0 aliphatic heterocycles. The van der Waals surface area contributed by atoms with Crippen LogP contribution in [-0.2, 0) is 16.4 Å². The first kappa shape index (κ1) is 18.9. The number of anilines is 1. The van der Waals surface area contributed by atoms with Gasteiger partial charge in [-0.05, 0) is 35.9 Å². The van der Waals surface area contributed by atoms with Crippen LogP contribution in [0.15, 0.2) is 59.4 Å². The summed E-state index contributed by atoms with van der Waals surface area (Å²) in [6.07, 6.45) is 1.53. The Morgan fingerprint density at radius 2 is 1.89 bits per heavy atom. The second-order valence-corrected chi connectivity index (χ2v) is 7.98. The van der Waals surface area contributed by atoms with Gasteiger partial charge in [0.15, 0.2) is 5.75 Å². The van der Waals surface area contributed by atoms with Crippen LogP contribution in [0.1, 0.15) is 11.3 Å². The average Bonchev–Trinajstić information content (AvgIpc) is 2.60. The van der Waals surface area contributed by atoms with Gasteiger partial charge in [-0.3, -0.25) is 9.52 Å². The van der Waals surface area contributed by atoms with Crippen LogP contribution in [0.3, 0.4) is 0 Å². The smallest absolute Gasteiger partial charge is 0.264 e. The van der Waals surface area contributed by atoms with Crippen molar-refractivity contribution in [1.82, 2.24) is 10.2 Å². The van der Waals surface area contributed by atoms with E-state index in [0.717, 1.165) is 11.8 Å². The van der Waals surface area contributed by atoms with Gasteiger partial charge < -0.3 is 4.74 Å². The molecule has 140 valence electrons. The number of nitrogens with one attached hydrogen (secondary N) is 2. The van der Waals surface area contributed by atoms with Crippen molar-refractivity contribution in [3.8, 4) is 11.5 Å². The molecule has 0 unspecified atom stereocenters. The first-order valence-corrected chi connectivity index (χ1v) is 10.1. The highest BCUT2D eigenvalue weighted by atomic mass is 35.5. The topological polar surface area (TPSA) is 101 Å². The fourth-order valence-electron chi connectivity index (χ4n) is 2.38. The first-order chi connectivity index (χ1) is 12.8. The van der Waals surface area contributed by atoms with Gasteiger partial charge >= 0.3 is 0 Å². The summed E-state index contributed by atoms with van der Waals surface area (Å²) in [5, 5.41) is 6.74. The molecule has 0 saturated carbocycles. The number of halogens is 1. The molecule has 27 heavy (non-hydrogen) atoms. The van der Waals surface area contributed by atoms with Gasteiger partial charge in [0.05, 0.1) is 22.7 Å². The summed E-state index contributed by atoms with van der Waals surface area (Å²) < 4.78 is 31.3. The van der Waals surface area contributed by atoms with Crippen LogP contribution < -0.4 is 15.0 Å². The zero-order valence-corrected chi connectivity index (χ0v) is 15.8. The van der Waals surface area contributed by atoms with Crippen LogP contribution in [0, 0.1) is 0 Å². The predicted molar refractivity (Wildman–Crippen MR) is 104 cm³/mol. The number of H-pyrrole nitrogens is 1. The molecule has 0 spiro atoms. The second-order valence-electron chi connectivity index (χ2n) is 5.83. The molecule has 0 bridgehead atoms. The first-order valence-electron chi connectivity index (χ1n) is 7.88. The molecular weight excluding hydrogens is 390 g/mol. The van der Waals surface area contributed by atoms with E-state index in [1.165, 1.54) is 6.07 Å². The summed E-state index contributed by atoms with van der Waals surface area (Å²) in [5.41, 5.74) is 1.59. The summed E-state index contributed by atoms with van der Waals surface area (Å²) in [4.78, 5) is 11.1. The summed E-state index contributed by atoms with van der Waals surface area (Å²) in [6, 6.07) is 14.9. The average molecular weight is 406 g/mol. The molecular formula is C18H16ClN3O4S. The molecule has 7 nitrogen and oxygen atoms in total. The van der Waals surface area contributed by atoms with Crippen LogP contribution in [0.5, 0.6) is 11.5 Å². The maximum Gasteiger partial charge on any atom is 0.264 e. The number of hydrogen-bond acceptors (Lipinski definition) is 5. The summed E-state index contributed by atoms with van der Waals surface area (Å²) in [7, 11) is -3.45. The predicted octanol–water partition coefficient (Wildman–Crippen LogP) is 3.18. The van der Waals surface area contributed by atoms with E-state index in [1.54, 1.807) is 42.5 Å². The lowest BCUT2D eigenvalue weighted by molar-refractivity contribution is 0.484. The van der Waals surface area contributed by atoms with E-state index in [1.807, 2.05) is 6.07 Å². The van der Waals surface area contributed by atoms with Crippen molar-refractivity contribution in [2.45, 2.75) is 6.42 Å². The number of para-hydroxylation sites is 2. The third kappa shape index (κ3) is 5.32. The Morgan fingerprint density at radius 3 is 2.59 bits per heavy atom. The molecule has 0 amide bonds. The Morgan fingerprint density at radius 1 is 1.11 bits per heavy atom. The molecule has 0 radical (unpaired) electrons. The van der Waals surface area contributed by atoms with Gasteiger partial charge in [-0.1, -0.05) is 29.8 Å². The van der Waals surface area contributed by atoms with Gasteiger partial charge in [0.1, 0.15) is 5.75 Å². The monoisotopic (exact) mass is 405 g/mol. The van der Waals surface area contributed by atoms with E-state index < -0.39 is 10.0 Å². The Bertz CT molecular complexity index is 1110. The van der Waals surface area contributed by atoms with Crippen LogP contribution in [-0.4, -0.2) is 24.9 Å². The maximum atomic E-state index is 11.5. The summed E-state index contributed by atoms with van der Waals surface area (Å²) >= 11 is 6.23. The summed E-state index contributed by atoms with van der Waals surface area (Å²) in [5.74, 6) is 0.700. The van der Waals surface area contributed by atoms with E-state index in [4.69, 9.17) is 16.3 Å². The summed E-state index contributed by atoms with van der Waals surface area (Å²) in [6.45, 7) is 0. The van der Waals surface area contributed by atoms with E-state index in [2.05, 4.69) is 14.9 Å². The minimum Gasteiger partial charge on any atom is -0.454 e. The van der Waals surface area contributed by atoms with Crippen molar-refractivity contribution >= 4 is 27.3 Å². The largest absolute Gasteiger partial charge is 0.454 e. The number of ether oxygens (including phenoxy) is 1. The van der Waals surface area contributed by atoms with Gasteiger partial charge in [-0.15, -0.1) is 0 Å². The van der Waals surface area contributed by atoms with E-state index in [9.17, 15) is 13.2 Å². The minimum absolute atomic E-state index is 0.270. The molecule has 1 aromatic heterocycles. The van der Waals surface area contributed by atoms with Gasteiger partial charge in [-0.25, -0.2) is 13.5 Å². The third-order valence-electron chi connectivity index (χ3n) is 3.52. The van der Waals surface area contributed by atoms with Crippen molar-refractivity contribution < 1.29 is 13.2 Å². The van der Waals surface area contributed by atoms with E-state index in [0.29, 0.717) is 34.3 Å². The van der Waals surface area contributed by atoms with E-state index in [-0.39, 0.29) is 5.56 Å². The van der Waals surface area contributed by atoms with Crippen molar-refractivity contribution in [2.24, 2.45) is 0 Å². The van der Waals surface area contributed by atoms with Crippen molar-refractivity contribution in [2.75, 3.05) is 11.0 Å². The number of sulfonamides is 1. The molecule has 3 rings (SSSR count). The van der Waals surface area contributed by atoms with Gasteiger partial charge in [-0.2, -0.15) is 5.10 Å². The normalized spacial score (nSPS) is 11.2. The Kier molecular flexibility index (Phi) is 5.48. The number of rotatable bonds is 6. The quantitative estimate of drug-likeness (QED) is 0.655. The van der Waals surface area contributed by atoms with Crippen molar-refractivity contribution in [3.05, 3.63) is 81.2 Å². The zero-order valence-electron chi connectivity index (χ0n) is 14.3. The zero-order chi connectivity index (χ0) is 19.4. The third-order valence-corrected chi connectivity index (χ3v) is 4.42. The minimum atomic E-state index is -3.45. The van der Waals surface area contributed by atoms with Crippen LogP contribution in [0.2, 0.25) is 5.02 Å². The number of nitrogens with zero attached hydrogens (tertiary/aromatic N) is 1. The lowest BCUT2D eigenvalue weighted by Crippen LogP contribution is -2.10. The Labute approximate surface area is 161 Å². The molecule has 0 aliphatic carbocycles. The number of benzene rings is 2. The SMILES string of the molecule is CS(=O)(=O)Nc1ccccc1Oc1cc(Cc2ccc(=O)[nH]n2)ccc1Cl. The van der Waals surface area contributed by atoms with Crippen LogP contribution in [0.4, 0.5) is 5.69 Å². The fraction of sp³-hybridized carbons (Fsp3) is 0.111. The van der Waals surface area contributed by atoms with Crippen LogP contribution in [0.25, 0.3) is 0 Å². The lowest BCUT2D eigenvalue weighted by Gasteiger charge is -2.13. The Hall–Kier alpha value is -2.84. The molecule has 1 heterocycles. The van der Waals surface area contributed by atoms with Crippen molar-refractivity contribution in [3.63, 3.8) is 0 Å². The molecule has 2 aromatic carbocycles. The molecule has 0 atom stereocenters. The number of aromatic nitrogens is 2. The Balaban J connectivity index is 1.87. The highest BCUT2D eigenvalue weighted by molar-refractivity contribution is 7.92. The highest BCUT2D eigenvalue weighted by Crippen LogP contribution is 2.34. The maximum absolute atomic E-state index is 11.5. The number of aromatic amines is 1. The fourth-order valence-corrected chi connectivity index (χ4v) is 3.10.